The summed E-state index contributed by atoms with van der Waals surface area (Å²) >= 11 is 0. The van der Waals surface area contributed by atoms with Crippen LogP contribution in [0.3, 0.4) is 0 Å². The van der Waals surface area contributed by atoms with Gasteiger partial charge in [-0.3, -0.25) is 4.99 Å². The van der Waals surface area contributed by atoms with Crippen molar-refractivity contribution >= 4 is 29.9 Å². The minimum absolute atomic E-state index is 0. The van der Waals surface area contributed by atoms with E-state index in [4.69, 9.17) is 4.74 Å². The van der Waals surface area contributed by atoms with Gasteiger partial charge < -0.3 is 20.1 Å². The zero-order valence-electron chi connectivity index (χ0n) is 14.7. The topological polar surface area (TPSA) is 57.1 Å². The summed E-state index contributed by atoms with van der Waals surface area (Å²) < 4.78 is 5.72. The number of guanidine groups is 1. The normalized spacial score (nSPS) is 17.5. The molecule has 1 aromatic carbocycles. The summed E-state index contributed by atoms with van der Waals surface area (Å²) in [7, 11) is 0. The predicted molar refractivity (Wildman–Crippen MR) is 109 cm³/mol. The van der Waals surface area contributed by atoms with Crippen LogP contribution in [0.5, 0.6) is 5.75 Å². The highest BCUT2D eigenvalue weighted by Crippen LogP contribution is 2.12. The molecule has 1 saturated heterocycles. The van der Waals surface area contributed by atoms with E-state index >= 15 is 0 Å². The number of aryl methyl sites for hydroxylation is 1. The average molecular weight is 447 g/mol. The SMILES string of the molecule is CCNC(=NCCCCOc1ccc(C)cc1)N1CC[C@@H](O)C1.I. The lowest BCUT2D eigenvalue weighted by Gasteiger charge is -2.20. The first kappa shape index (κ1) is 21.0. The van der Waals surface area contributed by atoms with Crippen LogP contribution in [0.2, 0.25) is 0 Å². The van der Waals surface area contributed by atoms with E-state index in [0.29, 0.717) is 6.54 Å². The maximum absolute atomic E-state index is 9.64. The molecule has 6 heteroatoms. The monoisotopic (exact) mass is 447 g/mol. The van der Waals surface area contributed by atoms with Gasteiger partial charge >= 0.3 is 0 Å². The number of ether oxygens (including phenoxy) is 1. The molecule has 0 saturated carbocycles. The summed E-state index contributed by atoms with van der Waals surface area (Å²) in [5.41, 5.74) is 1.25. The molecule has 1 aliphatic heterocycles. The van der Waals surface area contributed by atoms with Gasteiger partial charge in [-0.2, -0.15) is 0 Å². The molecule has 2 N–H and O–H groups in total. The number of aliphatic hydroxyl groups is 1. The highest BCUT2D eigenvalue weighted by atomic mass is 127. The Morgan fingerprint density at radius 1 is 1.33 bits per heavy atom. The molecule has 0 spiro atoms. The summed E-state index contributed by atoms with van der Waals surface area (Å²) in [5, 5.41) is 12.9. The highest BCUT2D eigenvalue weighted by Gasteiger charge is 2.22. The fourth-order valence-electron chi connectivity index (χ4n) is 2.58. The van der Waals surface area contributed by atoms with Gasteiger partial charge in [0.15, 0.2) is 5.96 Å². The smallest absolute Gasteiger partial charge is 0.194 e. The standard InChI is InChI=1S/C18H29N3O2.HI/c1-3-19-18(21-12-10-16(22)14-21)20-11-4-5-13-23-17-8-6-15(2)7-9-17;/h6-9,16,22H,3-5,10-14H2,1-2H3,(H,19,20);1H/t16-;/m1./s1. The molecule has 0 aliphatic carbocycles. The summed E-state index contributed by atoms with van der Waals surface area (Å²) in [5.74, 6) is 1.85. The largest absolute Gasteiger partial charge is 0.494 e. The van der Waals surface area contributed by atoms with E-state index in [1.54, 1.807) is 0 Å². The van der Waals surface area contributed by atoms with Crippen molar-refractivity contribution in [2.45, 2.75) is 39.2 Å². The highest BCUT2D eigenvalue weighted by molar-refractivity contribution is 14.0. The Balaban J connectivity index is 0.00000288. The van der Waals surface area contributed by atoms with E-state index in [1.807, 2.05) is 12.1 Å². The number of aliphatic imine (C=N–C) groups is 1. The molecule has 0 unspecified atom stereocenters. The first-order valence-electron chi connectivity index (χ1n) is 8.60. The number of hydrogen-bond donors (Lipinski definition) is 2. The van der Waals surface area contributed by atoms with Crippen molar-refractivity contribution in [2.24, 2.45) is 4.99 Å². The third-order valence-electron chi connectivity index (χ3n) is 3.90. The molecule has 2 rings (SSSR count). The molecule has 136 valence electrons. The van der Waals surface area contributed by atoms with Gasteiger partial charge in [-0.1, -0.05) is 17.7 Å². The number of halogens is 1. The third-order valence-corrected chi connectivity index (χ3v) is 3.90. The average Bonchev–Trinajstić information content (AvgIpc) is 2.97. The zero-order chi connectivity index (χ0) is 16.5. The molecule has 0 aromatic heterocycles. The second-order valence-electron chi connectivity index (χ2n) is 5.99. The van der Waals surface area contributed by atoms with Gasteiger partial charge in [0.1, 0.15) is 5.75 Å². The number of benzene rings is 1. The molecular weight excluding hydrogens is 417 g/mol. The number of aliphatic hydroxyl groups excluding tert-OH is 1. The van der Waals surface area contributed by atoms with Crippen LogP contribution in [0, 0.1) is 6.92 Å². The second-order valence-corrected chi connectivity index (χ2v) is 5.99. The molecule has 5 nitrogen and oxygen atoms in total. The Morgan fingerprint density at radius 2 is 2.08 bits per heavy atom. The number of nitrogens with zero attached hydrogens (tertiary/aromatic N) is 2. The minimum atomic E-state index is -0.221. The van der Waals surface area contributed by atoms with Crippen LogP contribution >= 0.6 is 24.0 Å². The van der Waals surface area contributed by atoms with E-state index in [-0.39, 0.29) is 30.1 Å². The lowest BCUT2D eigenvalue weighted by Crippen LogP contribution is -2.40. The fraction of sp³-hybridized carbons (Fsp3) is 0.611. The van der Waals surface area contributed by atoms with E-state index < -0.39 is 0 Å². The maximum Gasteiger partial charge on any atom is 0.194 e. The lowest BCUT2D eigenvalue weighted by molar-refractivity contribution is 0.188. The van der Waals surface area contributed by atoms with Gasteiger partial charge in [-0.15, -0.1) is 24.0 Å². The van der Waals surface area contributed by atoms with Crippen LogP contribution in [-0.2, 0) is 0 Å². The van der Waals surface area contributed by atoms with Gasteiger partial charge in [0.25, 0.3) is 0 Å². The first-order chi connectivity index (χ1) is 11.2. The van der Waals surface area contributed by atoms with E-state index in [0.717, 1.165) is 57.2 Å². The minimum Gasteiger partial charge on any atom is -0.494 e. The van der Waals surface area contributed by atoms with Crippen molar-refractivity contribution in [3.63, 3.8) is 0 Å². The van der Waals surface area contributed by atoms with Gasteiger partial charge in [-0.05, 0) is 45.2 Å². The molecule has 24 heavy (non-hydrogen) atoms. The Hall–Kier alpha value is -1.02. The molecule has 0 amide bonds. The van der Waals surface area contributed by atoms with Crippen LogP contribution in [-0.4, -0.2) is 54.9 Å². The second kappa shape index (κ2) is 11.5. The zero-order valence-corrected chi connectivity index (χ0v) is 17.0. The van der Waals surface area contributed by atoms with Gasteiger partial charge in [0.2, 0.25) is 0 Å². The van der Waals surface area contributed by atoms with Gasteiger partial charge in [0.05, 0.1) is 12.7 Å². The Morgan fingerprint density at radius 3 is 2.71 bits per heavy atom. The quantitative estimate of drug-likeness (QED) is 0.292. The molecule has 1 fully saturated rings. The van der Waals surface area contributed by atoms with Crippen molar-refractivity contribution in [1.29, 1.82) is 0 Å². The van der Waals surface area contributed by atoms with E-state index in [1.165, 1.54) is 5.56 Å². The van der Waals surface area contributed by atoms with E-state index in [2.05, 4.69) is 41.2 Å². The lowest BCUT2D eigenvalue weighted by atomic mass is 10.2. The number of hydrogen-bond acceptors (Lipinski definition) is 3. The first-order valence-corrected chi connectivity index (χ1v) is 8.60. The van der Waals surface area contributed by atoms with Crippen molar-refractivity contribution in [3.05, 3.63) is 29.8 Å². The van der Waals surface area contributed by atoms with Crippen LogP contribution in [0.1, 0.15) is 31.7 Å². The number of likely N-dealkylation sites (tertiary alicyclic amines) is 1. The van der Waals surface area contributed by atoms with Crippen LogP contribution in [0.15, 0.2) is 29.3 Å². The van der Waals surface area contributed by atoms with E-state index in [9.17, 15) is 5.11 Å². The van der Waals surface area contributed by atoms with Crippen molar-refractivity contribution in [2.75, 3.05) is 32.8 Å². The molecule has 0 bridgehead atoms. The number of β-amino-alcohol motifs (C(OH)–C–C–N with tert-alkyl or cyclic N) is 1. The van der Waals surface area contributed by atoms with Crippen molar-refractivity contribution in [3.8, 4) is 5.75 Å². The molecular formula is C18H30IN3O2. The van der Waals surface area contributed by atoms with Crippen LogP contribution in [0.25, 0.3) is 0 Å². The van der Waals surface area contributed by atoms with Crippen molar-refractivity contribution in [1.82, 2.24) is 10.2 Å². The number of unbranched alkanes of at least 4 members (excludes halogenated alkanes) is 1. The Kier molecular flexibility index (Phi) is 10.1. The van der Waals surface area contributed by atoms with Gasteiger partial charge in [0, 0.05) is 26.2 Å². The molecule has 0 radical (unpaired) electrons. The Bertz CT molecular complexity index is 494. The summed E-state index contributed by atoms with van der Waals surface area (Å²) in [6.07, 6.45) is 2.59. The van der Waals surface area contributed by atoms with Crippen molar-refractivity contribution < 1.29 is 9.84 Å². The molecule has 1 atom stereocenters. The molecule has 1 heterocycles. The summed E-state index contributed by atoms with van der Waals surface area (Å²) in [4.78, 5) is 6.79. The molecule has 1 aliphatic rings. The molecule has 1 aromatic rings. The number of nitrogens with one attached hydrogen (secondary N) is 1. The third kappa shape index (κ3) is 7.25. The number of rotatable bonds is 7. The summed E-state index contributed by atoms with van der Waals surface area (Å²) in [6, 6.07) is 8.14. The van der Waals surface area contributed by atoms with Gasteiger partial charge in [-0.25, -0.2) is 0 Å². The predicted octanol–water partition coefficient (Wildman–Crippen LogP) is 2.80. The van der Waals surface area contributed by atoms with Crippen LogP contribution < -0.4 is 10.1 Å². The Labute approximate surface area is 162 Å². The maximum atomic E-state index is 9.64. The van der Waals surface area contributed by atoms with Crippen LogP contribution in [0.4, 0.5) is 0 Å². The fourth-order valence-corrected chi connectivity index (χ4v) is 2.58. The summed E-state index contributed by atoms with van der Waals surface area (Å²) in [6.45, 7) is 8.05.